The van der Waals surface area contributed by atoms with E-state index in [0.29, 0.717) is 22.4 Å². The summed E-state index contributed by atoms with van der Waals surface area (Å²) in [5, 5.41) is 0.487. The lowest BCUT2D eigenvalue weighted by atomic mass is 10.4. The molecule has 1 heterocycles. The van der Waals surface area contributed by atoms with Gasteiger partial charge in [-0.2, -0.15) is 0 Å². The molecule has 0 fully saturated rings. The molecule has 13 heavy (non-hydrogen) atoms. The summed E-state index contributed by atoms with van der Waals surface area (Å²) < 4.78 is 9.75. The van der Waals surface area contributed by atoms with E-state index in [1.165, 1.54) is 18.4 Å². The largest absolute Gasteiger partial charge is 0.473 e. The fourth-order valence-corrected chi connectivity index (χ4v) is 1.62. The van der Waals surface area contributed by atoms with Crippen molar-refractivity contribution in [3.05, 3.63) is 10.6 Å². The zero-order valence-electron chi connectivity index (χ0n) is 7.79. The summed E-state index contributed by atoms with van der Waals surface area (Å²) in [6, 6.07) is 0. The molecule has 0 unspecified atom stereocenters. The van der Waals surface area contributed by atoms with E-state index < -0.39 is 0 Å². The van der Waals surface area contributed by atoms with E-state index in [9.17, 15) is 4.79 Å². The van der Waals surface area contributed by atoms with Crippen molar-refractivity contribution in [3.8, 4) is 5.19 Å². The van der Waals surface area contributed by atoms with Gasteiger partial charge in [-0.1, -0.05) is 11.3 Å². The number of nitrogens with zero attached hydrogens (tertiary/aromatic N) is 1. The fraction of sp³-hybridized carbons (Fsp3) is 0.500. The van der Waals surface area contributed by atoms with Gasteiger partial charge in [0.05, 0.1) is 19.4 Å². The third-order valence-electron chi connectivity index (χ3n) is 1.41. The van der Waals surface area contributed by atoms with Gasteiger partial charge in [0, 0.05) is 0 Å². The SMILES string of the molecule is CCOC(=O)c1sc(OC)nc1C. The molecule has 1 rings (SSSR count). The normalized spacial score (nSPS) is 9.77. The summed E-state index contributed by atoms with van der Waals surface area (Å²) in [6.07, 6.45) is 0. The number of ether oxygens (including phenoxy) is 2. The second-order valence-corrected chi connectivity index (χ2v) is 3.28. The minimum atomic E-state index is -0.333. The van der Waals surface area contributed by atoms with Crippen LogP contribution in [0, 0.1) is 6.92 Å². The van der Waals surface area contributed by atoms with Crippen molar-refractivity contribution < 1.29 is 14.3 Å². The number of methoxy groups -OCH3 is 1. The summed E-state index contributed by atoms with van der Waals surface area (Å²) in [4.78, 5) is 15.8. The maximum atomic E-state index is 11.3. The lowest BCUT2D eigenvalue weighted by Gasteiger charge is -1.97. The van der Waals surface area contributed by atoms with Crippen LogP contribution in [0.3, 0.4) is 0 Å². The van der Waals surface area contributed by atoms with E-state index >= 15 is 0 Å². The molecule has 0 aliphatic rings. The maximum Gasteiger partial charge on any atom is 0.350 e. The number of aromatic nitrogens is 1. The number of aryl methyl sites for hydroxylation is 1. The molecule has 0 bridgehead atoms. The van der Waals surface area contributed by atoms with Gasteiger partial charge < -0.3 is 9.47 Å². The summed E-state index contributed by atoms with van der Waals surface area (Å²) in [5.74, 6) is -0.333. The van der Waals surface area contributed by atoms with Crippen LogP contribution in [0.2, 0.25) is 0 Å². The number of thiazole rings is 1. The Balaban J connectivity index is 2.87. The number of hydrogen-bond donors (Lipinski definition) is 0. The topological polar surface area (TPSA) is 48.4 Å². The molecule has 0 saturated carbocycles. The molecule has 0 aromatic carbocycles. The van der Waals surface area contributed by atoms with Crippen LogP contribution in [0.5, 0.6) is 5.19 Å². The Bertz CT molecular complexity index is 308. The van der Waals surface area contributed by atoms with E-state index in [2.05, 4.69) is 4.98 Å². The fourth-order valence-electron chi connectivity index (χ4n) is 0.845. The first kappa shape index (κ1) is 9.98. The van der Waals surface area contributed by atoms with E-state index in [0.717, 1.165) is 0 Å². The smallest absolute Gasteiger partial charge is 0.350 e. The average Bonchev–Trinajstić information content (AvgIpc) is 2.47. The lowest BCUT2D eigenvalue weighted by molar-refractivity contribution is 0.0531. The van der Waals surface area contributed by atoms with Crippen molar-refractivity contribution in [2.75, 3.05) is 13.7 Å². The molecule has 0 N–H and O–H groups in total. The quantitative estimate of drug-likeness (QED) is 0.697. The van der Waals surface area contributed by atoms with Gasteiger partial charge in [-0.05, 0) is 13.8 Å². The van der Waals surface area contributed by atoms with Gasteiger partial charge >= 0.3 is 5.97 Å². The molecular weight excluding hydrogens is 190 g/mol. The predicted molar refractivity (Wildman–Crippen MR) is 49.4 cm³/mol. The van der Waals surface area contributed by atoms with Crippen molar-refractivity contribution in [2.45, 2.75) is 13.8 Å². The van der Waals surface area contributed by atoms with Crippen LogP contribution < -0.4 is 4.74 Å². The standard InChI is InChI=1S/C8H11NO3S/c1-4-12-7(10)6-5(2)9-8(11-3)13-6/h4H2,1-3H3. The van der Waals surface area contributed by atoms with Crippen LogP contribution in [-0.2, 0) is 4.74 Å². The van der Waals surface area contributed by atoms with E-state index in [1.54, 1.807) is 13.8 Å². The average molecular weight is 201 g/mol. The van der Waals surface area contributed by atoms with Gasteiger partial charge in [0.1, 0.15) is 4.88 Å². The molecule has 5 heteroatoms. The second-order valence-electron chi connectivity index (χ2n) is 2.32. The Morgan fingerprint density at radius 2 is 2.31 bits per heavy atom. The second kappa shape index (κ2) is 4.23. The number of hydrogen-bond acceptors (Lipinski definition) is 5. The van der Waals surface area contributed by atoms with Crippen molar-refractivity contribution >= 4 is 17.3 Å². The summed E-state index contributed by atoms with van der Waals surface area (Å²) in [5.41, 5.74) is 0.653. The molecule has 0 spiro atoms. The monoisotopic (exact) mass is 201 g/mol. The zero-order chi connectivity index (χ0) is 9.84. The van der Waals surface area contributed by atoms with Gasteiger partial charge in [-0.15, -0.1) is 0 Å². The van der Waals surface area contributed by atoms with Crippen LogP contribution in [0.15, 0.2) is 0 Å². The Kier molecular flexibility index (Phi) is 3.25. The van der Waals surface area contributed by atoms with Crippen LogP contribution in [0.25, 0.3) is 0 Å². The molecule has 72 valence electrons. The highest BCUT2D eigenvalue weighted by Crippen LogP contribution is 2.24. The highest BCUT2D eigenvalue weighted by molar-refractivity contribution is 7.15. The third-order valence-corrected chi connectivity index (χ3v) is 2.51. The highest BCUT2D eigenvalue weighted by atomic mass is 32.1. The zero-order valence-corrected chi connectivity index (χ0v) is 8.60. The predicted octanol–water partition coefficient (Wildman–Crippen LogP) is 1.64. The van der Waals surface area contributed by atoms with Crippen molar-refractivity contribution in [2.24, 2.45) is 0 Å². The van der Waals surface area contributed by atoms with Crippen LogP contribution in [0.1, 0.15) is 22.3 Å². The number of carbonyl (C=O) groups is 1. The first-order chi connectivity index (χ1) is 6.19. The third kappa shape index (κ3) is 2.18. The Morgan fingerprint density at radius 3 is 2.77 bits per heavy atom. The van der Waals surface area contributed by atoms with Crippen LogP contribution in [-0.4, -0.2) is 24.7 Å². The van der Waals surface area contributed by atoms with Gasteiger partial charge in [0.25, 0.3) is 5.19 Å². The number of carbonyl (C=O) groups excluding carboxylic acids is 1. The van der Waals surface area contributed by atoms with E-state index in [1.807, 2.05) is 0 Å². The maximum absolute atomic E-state index is 11.3. The number of rotatable bonds is 3. The molecule has 4 nitrogen and oxygen atoms in total. The van der Waals surface area contributed by atoms with E-state index in [-0.39, 0.29) is 5.97 Å². The Morgan fingerprint density at radius 1 is 1.62 bits per heavy atom. The molecule has 0 atom stereocenters. The summed E-state index contributed by atoms with van der Waals surface area (Å²) in [6.45, 7) is 3.90. The first-order valence-electron chi connectivity index (χ1n) is 3.87. The van der Waals surface area contributed by atoms with Crippen molar-refractivity contribution in [3.63, 3.8) is 0 Å². The molecular formula is C8H11NO3S. The minimum Gasteiger partial charge on any atom is -0.473 e. The first-order valence-corrected chi connectivity index (χ1v) is 4.69. The molecule has 0 amide bonds. The Hall–Kier alpha value is -1.10. The van der Waals surface area contributed by atoms with Crippen molar-refractivity contribution in [1.82, 2.24) is 4.98 Å². The van der Waals surface area contributed by atoms with Gasteiger partial charge in [0.15, 0.2) is 0 Å². The van der Waals surface area contributed by atoms with Gasteiger partial charge in [0.2, 0.25) is 0 Å². The van der Waals surface area contributed by atoms with E-state index in [4.69, 9.17) is 9.47 Å². The Labute approximate surface area is 80.5 Å². The van der Waals surface area contributed by atoms with Gasteiger partial charge in [-0.25, -0.2) is 9.78 Å². The molecule has 0 saturated heterocycles. The van der Waals surface area contributed by atoms with Crippen LogP contribution in [0.4, 0.5) is 0 Å². The summed E-state index contributed by atoms with van der Waals surface area (Å²) in [7, 11) is 1.52. The molecule has 0 aliphatic carbocycles. The molecule has 1 aromatic rings. The van der Waals surface area contributed by atoms with Gasteiger partial charge in [-0.3, -0.25) is 0 Å². The summed E-state index contributed by atoms with van der Waals surface area (Å²) >= 11 is 1.20. The van der Waals surface area contributed by atoms with Crippen molar-refractivity contribution in [1.29, 1.82) is 0 Å². The van der Waals surface area contributed by atoms with Crippen LogP contribution >= 0.6 is 11.3 Å². The molecule has 0 radical (unpaired) electrons. The molecule has 1 aromatic heterocycles. The number of esters is 1. The molecule has 0 aliphatic heterocycles. The lowest BCUT2D eigenvalue weighted by Crippen LogP contribution is -2.03. The minimum absolute atomic E-state index is 0.333. The highest BCUT2D eigenvalue weighted by Gasteiger charge is 2.16.